The summed E-state index contributed by atoms with van der Waals surface area (Å²) in [5.41, 5.74) is -2.45. The van der Waals surface area contributed by atoms with E-state index < -0.39 is 49.1 Å². The highest BCUT2D eigenvalue weighted by atomic mass is 28.4. The lowest BCUT2D eigenvalue weighted by Gasteiger charge is -2.50. The Kier molecular flexibility index (Phi) is 7.69. The molecule has 198 valence electrons. The Bertz CT molecular complexity index is 940. The highest BCUT2D eigenvalue weighted by molar-refractivity contribution is 6.74. The normalized spacial score (nSPS) is 25.3. The molecule has 0 radical (unpaired) electrons. The Labute approximate surface area is 211 Å². The second-order valence-electron chi connectivity index (χ2n) is 12.3. The number of ether oxygens (including phenoxy) is 3. The van der Waals surface area contributed by atoms with Crippen LogP contribution in [0.5, 0.6) is 0 Å². The van der Waals surface area contributed by atoms with Gasteiger partial charge in [-0.25, -0.2) is 14.4 Å². The van der Waals surface area contributed by atoms with Crippen LogP contribution in [0, 0.1) is 0 Å². The van der Waals surface area contributed by atoms with Crippen molar-refractivity contribution in [3.8, 4) is 0 Å². The molecule has 2 aliphatic heterocycles. The minimum atomic E-state index is -2.36. The Morgan fingerprint density at radius 2 is 1.66 bits per heavy atom. The number of amides is 1. The fourth-order valence-electron chi connectivity index (χ4n) is 4.15. The van der Waals surface area contributed by atoms with Gasteiger partial charge >= 0.3 is 18.0 Å². The van der Waals surface area contributed by atoms with Crippen LogP contribution in [0.3, 0.4) is 0 Å². The molecule has 0 unspecified atom stereocenters. The predicted octanol–water partition coefficient (Wildman–Crippen LogP) is 5.49. The molecule has 0 saturated carbocycles. The molecular formula is C26H43NO7Si. The van der Waals surface area contributed by atoms with Gasteiger partial charge in [-0.1, -0.05) is 32.9 Å². The van der Waals surface area contributed by atoms with Crippen LogP contribution in [0.25, 0.3) is 0 Å². The maximum absolute atomic E-state index is 13.6. The summed E-state index contributed by atoms with van der Waals surface area (Å²) in [6.07, 6.45) is 2.37. The molecule has 0 fully saturated rings. The lowest BCUT2D eigenvalue weighted by atomic mass is 9.82. The summed E-state index contributed by atoms with van der Waals surface area (Å²) in [7, 11) is -2.36. The van der Waals surface area contributed by atoms with Crippen molar-refractivity contribution in [2.24, 2.45) is 0 Å². The molecule has 0 aromatic rings. The van der Waals surface area contributed by atoms with Crippen molar-refractivity contribution in [3.05, 3.63) is 23.5 Å². The van der Waals surface area contributed by atoms with Gasteiger partial charge in [0, 0.05) is 6.42 Å². The molecule has 0 spiro atoms. The number of hydrogen-bond donors (Lipinski definition) is 0. The van der Waals surface area contributed by atoms with Crippen molar-refractivity contribution in [3.63, 3.8) is 0 Å². The van der Waals surface area contributed by atoms with Gasteiger partial charge in [0.2, 0.25) is 8.32 Å². The number of rotatable bonds is 6. The predicted molar refractivity (Wildman–Crippen MR) is 136 cm³/mol. The first kappa shape index (κ1) is 28.9. The first-order valence-corrected chi connectivity index (χ1v) is 15.1. The number of hydrogen-bond acceptors (Lipinski definition) is 7. The van der Waals surface area contributed by atoms with Crippen LogP contribution in [-0.2, 0) is 28.2 Å². The highest BCUT2D eigenvalue weighted by Crippen LogP contribution is 2.51. The van der Waals surface area contributed by atoms with E-state index in [4.69, 9.17) is 18.6 Å². The van der Waals surface area contributed by atoms with Gasteiger partial charge in [-0.2, -0.15) is 0 Å². The van der Waals surface area contributed by atoms with Crippen LogP contribution in [0.2, 0.25) is 18.1 Å². The summed E-state index contributed by atoms with van der Waals surface area (Å²) >= 11 is 0. The summed E-state index contributed by atoms with van der Waals surface area (Å²) in [6, 6.07) is 0. The molecule has 2 aliphatic rings. The third kappa shape index (κ3) is 5.76. The molecule has 0 saturated heterocycles. The molecule has 0 aromatic carbocycles. The van der Waals surface area contributed by atoms with Gasteiger partial charge in [-0.3, -0.25) is 4.90 Å². The van der Waals surface area contributed by atoms with Crippen molar-refractivity contribution >= 4 is 26.3 Å². The van der Waals surface area contributed by atoms with E-state index in [2.05, 4.69) is 33.9 Å². The van der Waals surface area contributed by atoms with Crippen LogP contribution in [0.1, 0.15) is 75.7 Å². The molecule has 0 N–H and O–H groups in total. The van der Waals surface area contributed by atoms with Gasteiger partial charge in [0.25, 0.3) is 0 Å². The Hall–Kier alpha value is -2.29. The summed E-state index contributed by atoms with van der Waals surface area (Å²) in [4.78, 5) is 40.8. The summed E-state index contributed by atoms with van der Waals surface area (Å²) < 4.78 is 23.0. The molecule has 0 aromatic heterocycles. The molecule has 9 heteroatoms. The second kappa shape index (κ2) is 9.30. The zero-order chi connectivity index (χ0) is 27.2. The Morgan fingerprint density at radius 1 is 1.09 bits per heavy atom. The Morgan fingerprint density at radius 3 is 2.14 bits per heavy atom. The Balaban J connectivity index is 2.63. The lowest BCUT2D eigenvalue weighted by Crippen LogP contribution is -2.62. The van der Waals surface area contributed by atoms with Crippen LogP contribution >= 0.6 is 0 Å². The van der Waals surface area contributed by atoms with E-state index in [9.17, 15) is 14.4 Å². The molecule has 2 heterocycles. The van der Waals surface area contributed by atoms with Crippen molar-refractivity contribution < 1.29 is 33.0 Å². The first-order chi connectivity index (χ1) is 15.7. The van der Waals surface area contributed by atoms with Crippen LogP contribution in [0.4, 0.5) is 4.79 Å². The zero-order valence-electron chi connectivity index (χ0n) is 23.5. The SMILES string of the molecule is CCOC(=O)[C@H](C)OC(=O)C1=C(O[Si](C)(C)C(C)(C)C)C[C@]2(C)C=C[C@@]1(C)N2C(=O)OC(C)(C)C. The van der Waals surface area contributed by atoms with Gasteiger partial charge in [0.05, 0.1) is 23.4 Å². The maximum atomic E-state index is 13.6. The molecule has 2 bridgehead atoms. The summed E-state index contributed by atoms with van der Waals surface area (Å²) in [6.45, 7) is 23.0. The van der Waals surface area contributed by atoms with Gasteiger partial charge in [0.15, 0.2) is 6.10 Å². The standard InChI is InChI=1S/C26H43NO7Si/c1-13-31-20(28)17(2)32-21(29)19-18(34-35(11,12)24(6,7)8)16-25(9)14-15-26(19,10)27(25)22(30)33-23(3,4)5/h14-15,17H,13,16H2,1-12H3/t17-,25-,26+/m0/s1. The number of esters is 2. The lowest BCUT2D eigenvalue weighted by molar-refractivity contribution is -0.165. The van der Waals surface area contributed by atoms with Crippen LogP contribution < -0.4 is 0 Å². The van der Waals surface area contributed by atoms with Gasteiger partial charge in [0.1, 0.15) is 11.2 Å². The van der Waals surface area contributed by atoms with E-state index in [0.29, 0.717) is 5.76 Å². The third-order valence-corrected chi connectivity index (χ3v) is 11.3. The number of fused-ring (bicyclic) bond motifs is 2. The fourth-order valence-corrected chi connectivity index (χ4v) is 5.25. The van der Waals surface area contributed by atoms with Crippen molar-refractivity contribution in [2.45, 2.75) is 117 Å². The monoisotopic (exact) mass is 509 g/mol. The van der Waals surface area contributed by atoms with E-state index in [0.717, 1.165) is 0 Å². The van der Waals surface area contributed by atoms with Crippen LogP contribution in [0.15, 0.2) is 23.5 Å². The van der Waals surface area contributed by atoms with E-state index in [1.54, 1.807) is 39.5 Å². The zero-order valence-corrected chi connectivity index (χ0v) is 24.5. The van der Waals surface area contributed by atoms with Crippen molar-refractivity contribution in [2.75, 3.05) is 6.61 Å². The molecule has 0 aliphatic carbocycles. The first-order valence-electron chi connectivity index (χ1n) is 12.2. The minimum absolute atomic E-state index is 0.121. The van der Waals surface area contributed by atoms with Gasteiger partial charge < -0.3 is 18.6 Å². The van der Waals surface area contributed by atoms with Crippen molar-refractivity contribution in [1.29, 1.82) is 0 Å². The summed E-state index contributed by atoms with van der Waals surface area (Å²) in [5, 5.41) is -0.121. The van der Waals surface area contributed by atoms with Crippen molar-refractivity contribution in [1.82, 2.24) is 4.90 Å². The van der Waals surface area contributed by atoms with Gasteiger partial charge in [-0.05, 0) is 66.6 Å². The molecule has 3 atom stereocenters. The highest BCUT2D eigenvalue weighted by Gasteiger charge is 2.60. The van der Waals surface area contributed by atoms with E-state index in [1.807, 2.05) is 19.1 Å². The molecular weight excluding hydrogens is 466 g/mol. The smallest absolute Gasteiger partial charge is 0.411 e. The number of carbonyl (C=O) groups is 3. The number of nitrogens with zero attached hydrogens (tertiary/aromatic N) is 1. The maximum Gasteiger partial charge on any atom is 0.411 e. The largest absolute Gasteiger partial charge is 0.546 e. The van der Waals surface area contributed by atoms with E-state index in [1.165, 1.54) is 6.92 Å². The van der Waals surface area contributed by atoms with Gasteiger partial charge in [-0.15, -0.1) is 0 Å². The topological polar surface area (TPSA) is 91.4 Å². The summed E-state index contributed by atoms with van der Waals surface area (Å²) in [5.74, 6) is -0.860. The van der Waals surface area contributed by atoms with E-state index >= 15 is 0 Å². The third-order valence-electron chi connectivity index (χ3n) is 6.91. The average molecular weight is 510 g/mol. The van der Waals surface area contributed by atoms with E-state index in [-0.39, 0.29) is 23.6 Å². The molecule has 2 rings (SSSR count). The molecule has 1 amide bonds. The molecule has 8 nitrogen and oxygen atoms in total. The quantitative estimate of drug-likeness (QED) is 0.202. The minimum Gasteiger partial charge on any atom is -0.546 e. The molecule has 35 heavy (non-hydrogen) atoms. The number of carbonyl (C=O) groups excluding carboxylic acids is 3. The average Bonchev–Trinajstić information content (AvgIpc) is 2.83. The second-order valence-corrected chi connectivity index (χ2v) is 17.0. The van der Waals surface area contributed by atoms with Crippen LogP contribution in [-0.4, -0.2) is 60.6 Å². The fraction of sp³-hybridized carbons (Fsp3) is 0.731.